The molecule has 0 saturated carbocycles. The van der Waals surface area contributed by atoms with Gasteiger partial charge in [0.1, 0.15) is 11.5 Å². The number of halogens is 3. The summed E-state index contributed by atoms with van der Waals surface area (Å²) >= 11 is 11.1. The monoisotopic (exact) mass is 508 g/mol. The largest absolute Gasteiger partial charge is 0.506 e. The molecule has 0 aliphatic rings. The highest BCUT2D eigenvalue weighted by atomic mass is 127. The number of nitrogens with one attached hydrogen (secondary N) is 1. The van der Waals surface area contributed by atoms with Gasteiger partial charge in [0.15, 0.2) is 6.61 Å². The third-order valence-corrected chi connectivity index (χ3v) is 4.17. The highest BCUT2D eigenvalue weighted by Gasteiger charge is 2.06. The quantitative estimate of drug-likeness (QED) is 0.365. The molecule has 0 aromatic heterocycles. The lowest BCUT2D eigenvalue weighted by Gasteiger charge is -2.05. The Labute approximate surface area is 160 Å². The van der Waals surface area contributed by atoms with E-state index in [1.807, 2.05) is 22.6 Å². The molecule has 0 fully saturated rings. The fourth-order valence-corrected chi connectivity index (χ4v) is 3.25. The molecule has 0 heterocycles. The number of ether oxygens (including phenoxy) is 1. The van der Waals surface area contributed by atoms with Gasteiger partial charge in [-0.3, -0.25) is 4.79 Å². The van der Waals surface area contributed by atoms with Crippen LogP contribution in [0.1, 0.15) is 5.56 Å². The summed E-state index contributed by atoms with van der Waals surface area (Å²) < 4.78 is 6.77. The molecule has 2 rings (SSSR count). The Morgan fingerprint density at radius 1 is 1.39 bits per heavy atom. The summed E-state index contributed by atoms with van der Waals surface area (Å²) in [6, 6.07) is 10.1. The molecule has 0 aliphatic heterocycles. The van der Waals surface area contributed by atoms with Crippen molar-refractivity contribution in [3.05, 3.63) is 55.0 Å². The predicted molar refractivity (Wildman–Crippen MR) is 101 cm³/mol. The van der Waals surface area contributed by atoms with Gasteiger partial charge in [0.2, 0.25) is 0 Å². The molecule has 0 spiro atoms. The molecule has 0 aliphatic carbocycles. The van der Waals surface area contributed by atoms with Crippen molar-refractivity contribution in [1.29, 1.82) is 0 Å². The van der Waals surface area contributed by atoms with Crippen LogP contribution in [0.25, 0.3) is 0 Å². The van der Waals surface area contributed by atoms with Gasteiger partial charge >= 0.3 is 0 Å². The number of phenolic OH excluding ortho intramolecular Hbond substituents is 1. The minimum Gasteiger partial charge on any atom is -0.506 e. The van der Waals surface area contributed by atoms with Crippen LogP contribution in [0.5, 0.6) is 11.5 Å². The lowest BCUT2D eigenvalue weighted by Crippen LogP contribution is -2.24. The Kier molecular flexibility index (Phi) is 6.67. The lowest BCUT2D eigenvalue weighted by molar-refractivity contribution is -0.123. The van der Waals surface area contributed by atoms with Gasteiger partial charge in [-0.2, -0.15) is 5.10 Å². The molecule has 5 nitrogen and oxygen atoms in total. The van der Waals surface area contributed by atoms with Crippen molar-refractivity contribution in [3.63, 3.8) is 0 Å². The zero-order valence-corrected chi connectivity index (χ0v) is 16.1. The normalized spacial score (nSPS) is 10.7. The third kappa shape index (κ3) is 5.67. The number of nitrogens with zero attached hydrogens (tertiary/aromatic N) is 1. The molecule has 8 heteroatoms. The number of benzene rings is 2. The summed E-state index contributed by atoms with van der Waals surface area (Å²) in [5.41, 5.74) is 2.82. The van der Waals surface area contributed by atoms with E-state index in [0.29, 0.717) is 19.9 Å². The van der Waals surface area contributed by atoms with E-state index in [2.05, 4.69) is 26.5 Å². The van der Waals surface area contributed by atoms with Crippen molar-refractivity contribution in [2.75, 3.05) is 6.61 Å². The molecule has 0 bridgehead atoms. The molecule has 0 unspecified atom stereocenters. The smallest absolute Gasteiger partial charge is 0.277 e. The van der Waals surface area contributed by atoms with Gasteiger partial charge in [0.05, 0.1) is 9.78 Å². The van der Waals surface area contributed by atoms with Crippen LogP contribution in [-0.4, -0.2) is 23.8 Å². The van der Waals surface area contributed by atoms with Crippen molar-refractivity contribution in [3.8, 4) is 11.5 Å². The average Bonchev–Trinajstić information content (AvgIpc) is 2.51. The maximum absolute atomic E-state index is 11.6. The molecule has 0 atom stereocenters. The molecule has 1 amide bonds. The molecule has 120 valence electrons. The van der Waals surface area contributed by atoms with E-state index >= 15 is 0 Å². The first-order chi connectivity index (χ1) is 11.0. The summed E-state index contributed by atoms with van der Waals surface area (Å²) in [6.45, 7) is -0.180. The van der Waals surface area contributed by atoms with Gasteiger partial charge in [-0.25, -0.2) is 5.43 Å². The Bertz CT molecular complexity index is 738. The van der Waals surface area contributed by atoms with Gasteiger partial charge < -0.3 is 9.84 Å². The fourth-order valence-electron chi connectivity index (χ4n) is 1.57. The van der Waals surface area contributed by atoms with Gasteiger partial charge in [0.25, 0.3) is 5.91 Å². The van der Waals surface area contributed by atoms with Crippen molar-refractivity contribution < 1.29 is 14.6 Å². The van der Waals surface area contributed by atoms with Crippen LogP contribution >= 0.6 is 50.1 Å². The van der Waals surface area contributed by atoms with Crippen LogP contribution in [0, 0.1) is 3.57 Å². The zero-order valence-electron chi connectivity index (χ0n) is 11.6. The average molecular weight is 510 g/mol. The number of rotatable bonds is 5. The van der Waals surface area contributed by atoms with Crippen molar-refractivity contribution >= 4 is 62.2 Å². The molecule has 0 saturated heterocycles. The van der Waals surface area contributed by atoms with Crippen LogP contribution in [0.4, 0.5) is 0 Å². The second-order valence-electron chi connectivity index (χ2n) is 4.36. The minimum absolute atomic E-state index is 0.101. The highest BCUT2D eigenvalue weighted by molar-refractivity contribution is 14.1. The number of carbonyl (C=O) groups is 1. The number of hydrogen-bond acceptors (Lipinski definition) is 4. The highest BCUT2D eigenvalue weighted by Crippen LogP contribution is 2.27. The Hall–Kier alpha value is -1.32. The second-order valence-corrected chi connectivity index (χ2v) is 6.88. The summed E-state index contributed by atoms with van der Waals surface area (Å²) in [5.74, 6) is 0.220. The van der Waals surface area contributed by atoms with E-state index in [0.717, 1.165) is 4.47 Å². The van der Waals surface area contributed by atoms with Gasteiger partial charge in [0, 0.05) is 15.1 Å². The second kappa shape index (κ2) is 8.51. The van der Waals surface area contributed by atoms with E-state index in [4.69, 9.17) is 16.3 Å². The number of aromatic hydroxyl groups is 1. The third-order valence-electron chi connectivity index (χ3n) is 2.63. The van der Waals surface area contributed by atoms with E-state index in [1.54, 1.807) is 36.4 Å². The standard InChI is InChI=1S/C15H11BrClIN2O3/c16-10-5-9(15(22)13(18)6-10)7-19-20-14(21)8-23-12-3-1-11(17)2-4-12/h1-7,22H,8H2,(H,20,21). The molecular weight excluding hydrogens is 498 g/mol. The Balaban J connectivity index is 1.88. The maximum atomic E-state index is 11.6. The van der Waals surface area contributed by atoms with Gasteiger partial charge in [-0.1, -0.05) is 27.5 Å². The van der Waals surface area contributed by atoms with Crippen molar-refractivity contribution in [1.82, 2.24) is 5.43 Å². The zero-order chi connectivity index (χ0) is 16.8. The van der Waals surface area contributed by atoms with Crippen LogP contribution in [0.3, 0.4) is 0 Å². The molecule has 2 aromatic carbocycles. The Morgan fingerprint density at radius 3 is 2.78 bits per heavy atom. The summed E-state index contributed by atoms with van der Waals surface area (Å²) in [7, 11) is 0. The first-order valence-corrected chi connectivity index (χ1v) is 8.59. The lowest BCUT2D eigenvalue weighted by atomic mass is 10.2. The number of amides is 1. The summed E-state index contributed by atoms with van der Waals surface area (Å²) in [5, 5.41) is 14.3. The molecule has 2 aromatic rings. The van der Waals surface area contributed by atoms with E-state index in [1.165, 1.54) is 6.21 Å². The van der Waals surface area contributed by atoms with Gasteiger partial charge in [-0.15, -0.1) is 0 Å². The first kappa shape index (κ1) is 18.0. The molecular formula is C15H11BrClIN2O3. The van der Waals surface area contributed by atoms with Crippen molar-refractivity contribution in [2.45, 2.75) is 0 Å². The minimum atomic E-state index is -0.416. The summed E-state index contributed by atoms with van der Waals surface area (Å²) in [4.78, 5) is 11.6. The van der Waals surface area contributed by atoms with E-state index < -0.39 is 5.91 Å². The molecule has 0 radical (unpaired) electrons. The first-order valence-electron chi connectivity index (χ1n) is 6.34. The van der Waals surface area contributed by atoms with Crippen LogP contribution in [0.15, 0.2) is 46.0 Å². The molecule has 2 N–H and O–H groups in total. The fraction of sp³-hybridized carbons (Fsp3) is 0.0667. The molecule has 23 heavy (non-hydrogen) atoms. The predicted octanol–water partition coefficient (Wildman–Crippen LogP) is 3.94. The Morgan fingerprint density at radius 2 is 2.09 bits per heavy atom. The maximum Gasteiger partial charge on any atom is 0.277 e. The van der Waals surface area contributed by atoms with Crippen LogP contribution in [-0.2, 0) is 4.79 Å². The number of carbonyl (C=O) groups excluding carboxylic acids is 1. The van der Waals surface area contributed by atoms with Crippen LogP contribution in [0.2, 0.25) is 5.02 Å². The number of phenols is 1. The number of hydrazone groups is 1. The summed E-state index contributed by atoms with van der Waals surface area (Å²) in [6.07, 6.45) is 1.36. The topological polar surface area (TPSA) is 70.9 Å². The number of hydrogen-bond donors (Lipinski definition) is 2. The SMILES string of the molecule is O=C(COc1ccc(Cl)cc1)NN=Cc1cc(Br)cc(I)c1O. The van der Waals surface area contributed by atoms with Crippen LogP contribution < -0.4 is 10.2 Å². The van der Waals surface area contributed by atoms with Gasteiger partial charge in [-0.05, 0) is 59.0 Å². The van der Waals surface area contributed by atoms with E-state index in [9.17, 15) is 9.90 Å². The van der Waals surface area contributed by atoms with E-state index in [-0.39, 0.29) is 12.4 Å². The van der Waals surface area contributed by atoms with Crippen molar-refractivity contribution in [2.24, 2.45) is 5.10 Å².